The molecular formula is C30H45NO3. The van der Waals surface area contributed by atoms with E-state index in [1.807, 2.05) is 25.1 Å². The Balaban J connectivity index is 1.25. The Labute approximate surface area is 206 Å². The van der Waals surface area contributed by atoms with Gasteiger partial charge in [0.15, 0.2) is 5.78 Å². The number of carbonyl (C=O) groups excluding carboxylic acids is 1. The summed E-state index contributed by atoms with van der Waals surface area (Å²) in [6.45, 7) is 6.18. The number of Topliss-reactive ketones (excluding diaryl/α,β-unsaturated/α-hetero) is 1. The number of carbonyl (C=O) groups is 1. The fourth-order valence-corrected chi connectivity index (χ4v) is 9.03. The van der Waals surface area contributed by atoms with Gasteiger partial charge in [-0.2, -0.15) is 0 Å². The molecule has 34 heavy (non-hydrogen) atoms. The molecule has 4 heteroatoms. The van der Waals surface area contributed by atoms with Gasteiger partial charge >= 0.3 is 0 Å². The van der Waals surface area contributed by atoms with Crippen LogP contribution >= 0.6 is 0 Å². The Hall–Kier alpha value is -1.39. The highest BCUT2D eigenvalue weighted by atomic mass is 16.5. The number of ether oxygens (including phenoxy) is 1. The number of hydrogen-bond donors (Lipinski definition) is 1. The fourth-order valence-electron chi connectivity index (χ4n) is 9.03. The number of para-hydroxylation sites is 1. The zero-order chi connectivity index (χ0) is 23.9. The molecule has 0 radical (unpaired) electrons. The topological polar surface area (TPSA) is 49.8 Å². The maximum Gasteiger partial charge on any atom is 0.155 e. The molecule has 4 fully saturated rings. The summed E-state index contributed by atoms with van der Waals surface area (Å²) in [6.07, 6.45) is 10.3. The summed E-state index contributed by atoms with van der Waals surface area (Å²) in [7, 11) is 2.05. The smallest absolute Gasteiger partial charge is 0.155 e. The zero-order valence-electron chi connectivity index (χ0n) is 21.5. The molecule has 8 atom stereocenters. The van der Waals surface area contributed by atoms with Gasteiger partial charge in [-0.05, 0) is 112 Å². The lowest BCUT2D eigenvalue weighted by molar-refractivity contribution is -0.136. The lowest BCUT2D eigenvalue weighted by Gasteiger charge is -2.57. The number of fused-ring (bicyclic) bond motifs is 5. The van der Waals surface area contributed by atoms with Gasteiger partial charge in [-0.1, -0.05) is 25.1 Å². The van der Waals surface area contributed by atoms with Crippen LogP contribution in [0, 0.1) is 40.9 Å². The van der Waals surface area contributed by atoms with Crippen molar-refractivity contribution < 1.29 is 14.6 Å². The Kier molecular flexibility index (Phi) is 6.85. The van der Waals surface area contributed by atoms with Gasteiger partial charge < -0.3 is 14.7 Å². The molecule has 0 bridgehead atoms. The van der Waals surface area contributed by atoms with Crippen LogP contribution in [0.1, 0.15) is 71.6 Å². The van der Waals surface area contributed by atoms with Gasteiger partial charge in [-0.15, -0.1) is 0 Å². The lowest BCUT2D eigenvalue weighted by atomic mass is 9.49. The predicted molar refractivity (Wildman–Crippen MR) is 137 cm³/mol. The summed E-state index contributed by atoms with van der Waals surface area (Å²) in [5.41, 5.74) is 0.690. The van der Waals surface area contributed by atoms with Crippen LogP contribution in [0.5, 0.6) is 0 Å². The van der Waals surface area contributed by atoms with Crippen molar-refractivity contribution in [3.63, 3.8) is 0 Å². The SMILES string of the molecule is CCOC[C@@]1(O)CC[C@H]2[C@H](CC[C@@H]3[C@@H]2CC[C@]2(C)[C@@H](C(=O)CN(C)c4ccccc4)CC[C@@H]32)C1. The summed E-state index contributed by atoms with van der Waals surface area (Å²) >= 11 is 0. The molecule has 1 aromatic rings. The molecule has 4 nitrogen and oxygen atoms in total. The summed E-state index contributed by atoms with van der Waals surface area (Å²) in [5.74, 6) is 4.36. The zero-order valence-corrected chi connectivity index (χ0v) is 21.5. The number of anilines is 1. The highest BCUT2D eigenvalue weighted by Gasteiger charge is 2.59. The quantitative estimate of drug-likeness (QED) is 0.556. The van der Waals surface area contributed by atoms with E-state index in [4.69, 9.17) is 4.74 Å². The highest BCUT2D eigenvalue weighted by Crippen LogP contribution is 2.64. The third kappa shape index (κ3) is 4.34. The average molecular weight is 468 g/mol. The first-order chi connectivity index (χ1) is 16.3. The lowest BCUT2D eigenvalue weighted by Crippen LogP contribution is -2.52. The van der Waals surface area contributed by atoms with E-state index in [0.29, 0.717) is 37.4 Å². The van der Waals surface area contributed by atoms with Crippen molar-refractivity contribution in [2.45, 2.75) is 77.2 Å². The van der Waals surface area contributed by atoms with E-state index in [1.54, 1.807) is 0 Å². The van der Waals surface area contributed by atoms with Crippen molar-refractivity contribution >= 4 is 11.5 Å². The average Bonchev–Trinajstić information content (AvgIpc) is 3.20. The van der Waals surface area contributed by atoms with Crippen LogP contribution in [0.3, 0.4) is 0 Å². The Morgan fingerprint density at radius 2 is 1.79 bits per heavy atom. The molecule has 4 saturated carbocycles. The summed E-state index contributed by atoms with van der Waals surface area (Å²) in [6, 6.07) is 10.3. The summed E-state index contributed by atoms with van der Waals surface area (Å²) in [5, 5.41) is 11.1. The van der Waals surface area contributed by atoms with Crippen molar-refractivity contribution in [3.05, 3.63) is 30.3 Å². The molecule has 0 amide bonds. The molecule has 1 aromatic carbocycles. The molecule has 4 aliphatic carbocycles. The monoisotopic (exact) mass is 467 g/mol. The molecule has 1 N–H and O–H groups in total. The second kappa shape index (κ2) is 9.58. The van der Waals surface area contributed by atoms with Crippen LogP contribution in [-0.4, -0.2) is 43.3 Å². The minimum Gasteiger partial charge on any atom is -0.387 e. The largest absolute Gasteiger partial charge is 0.387 e. The second-order valence-corrected chi connectivity index (χ2v) is 12.4. The van der Waals surface area contributed by atoms with E-state index in [2.05, 4.69) is 31.0 Å². The number of likely N-dealkylation sites (N-methyl/N-ethyl adjacent to an activating group) is 1. The molecule has 4 aliphatic rings. The third-order valence-corrected chi connectivity index (χ3v) is 10.7. The highest BCUT2D eigenvalue weighted by molar-refractivity contribution is 5.86. The van der Waals surface area contributed by atoms with E-state index in [9.17, 15) is 9.90 Å². The van der Waals surface area contributed by atoms with Crippen LogP contribution in [0.15, 0.2) is 30.3 Å². The van der Waals surface area contributed by atoms with E-state index in [0.717, 1.165) is 49.1 Å². The second-order valence-electron chi connectivity index (χ2n) is 12.4. The minimum atomic E-state index is -0.608. The van der Waals surface area contributed by atoms with Gasteiger partial charge in [-0.25, -0.2) is 0 Å². The van der Waals surface area contributed by atoms with Gasteiger partial charge in [0.2, 0.25) is 0 Å². The van der Waals surface area contributed by atoms with Crippen LogP contribution in [0.2, 0.25) is 0 Å². The predicted octanol–water partition coefficient (Wildman–Crippen LogP) is 5.73. The number of rotatable bonds is 7. The number of nitrogens with zero attached hydrogens (tertiary/aromatic N) is 1. The van der Waals surface area contributed by atoms with Crippen LogP contribution in [0.4, 0.5) is 5.69 Å². The normalized spacial score (nSPS) is 41.3. The van der Waals surface area contributed by atoms with Crippen molar-refractivity contribution in [2.75, 3.05) is 31.7 Å². The number of hydrogen-bond acceptors (Lipinski definition) is 4. The van der Waals surface area contributed by atoms with E-state index < -0.39 is 5.60 Å². The molecule has 0 aromatic heterocycles. The number of aliphatic hydroxyl groups is 1. The van der Waals surface area contributed by atoms with Crippen LogP contribution in [-0.2, 0) is 9.53 Å². The maximum absolute atomic E-state index is 13.6. The first kappa shape index (κ1) is 24.3. The van der Waals surface area contributed by atoms with Crippen molar-refractivity contribution in [1.29, 1.82) is 0 Å². The Bertz CT molecular complexity index is 858. The summed E-state index contributed by atoms with van der Waals surface area (Å²) in [4.78, 5) is 15.7. The molecule has 0 heterocycles. The molecular weight excluding hydrogens is 422 g/mol. The van der Waals surface area contributed by atoms with Crippen LogP contribution in [0.25, 0.3) is 0 Å². The van der Waals surface area contributed by atoms with Crippen molar-refractivity contribution in [3.8, 4) is 0 Å². The maximum atomic E-state index is 13.6. The van der Waals surface area contributed by atoms with E-state index in [-0.39, 0.29) is 11.3 Å². The molecule has 0 saturated heterocycles. The van der Waals surface area contributed by atoms with Gasteiger partial charge in [0.25, 0.3) is 0 Å². The van der Waals surface area contributed by atoms with Gasteiger partial charge in [0.1, 0.15) is 0 Å². The Morgan fingerprint density at radius 3 is 2.56 bits per heavy atom. The molecule has 0 spiro atoms. The first-order valence-electron chi connectivity index (χ1n) is 13.9. The van der Waals surface area contributed by atoms with Crippen LogP contribution < -0.4 is 4.90 Å². The van der Waals surface area contributed by atoms with Gasteiger partial charge in [0.05, 0.1) is 18.8 Å². The Morgan fingerprint density at radius 1 is 1.03 bits per heavy atom. The van der Waals surface area contributed by atoms with Gasteiger partial charge in [-0.3, -0.25) is 4.79 Å². The molecule has 188 valence electrons. The van der Waals surface area contributed by atoms with Crippen molar-refractivity contribution in [2.24, 2.45) is 40.9 Å². The molecule has 5 rings (SSSR count). The fraction of sp³-hybridized carbons (Fsp3) is 0.767. The summed E-state index contributed by atoms with van der Waals surface area (Å²) < 4.78 is 5.64. The number of benzene rings is 1. The number of ketones is 1. The third-order valence-electron chi connectivity index (χ3n) is 10.7. The first-order valence-corrected chi connectivity index (χ1v) is 13.9. The standard InChI is InChI=1S/C30H45NO3/c1-4-34-20-30(33)17-15-23-21(18-30)10-11-25-24(23)14-16-29(2)26(25)12-13-27(29)28(32)19-31(3)22-8-6-5-7-9-22/h5-9,21,23-27,33H,4,10-20H2,1-3H3/t21-,23+,24-,25-,26+,27-,29+,30-/m1/s1. The van der Waals surface area contributed by atoms with E-state index in [1.165, 1.54) is 32.1 Å². The molecule has 0 aliphatic heterocycles. The van der Waals surface area contributed by atoms with Gasteiger partial charge in [0, 0.05) is 25.3 Å². The van der Waals surface area contributed by atoms with Crippen molar-refractivity contribution in [1.82, 2.24) is 0 Å². The molecule has 0 unspecified atom stereocenters. The van der Waals surface area contributed by atoms with E-state index >= 15 is 0 Å². The minimum absolute atomic E-state index is 0.174.